The van der Waals surface area contributed by atoms with Crippen molar-refractivity contribution < 1.29 is 13.5 Å². The van der Waals surface area contributed by atoms with Crippen molar-refractivity contribution in [2.45, 2.75) is 26.2 Å². The molecule has 0 unspecified atom stereocenters. The van der Waals surface area contributed by atoms with Crippen molar-refractivity contribution >= 4 is 15.9 Å². The third kappa shape index (κ3) is 6.19. The van der Waals surface area contributed by atoms with E-state index in [1.807, 2.05) is 26.2 Å². The fourth-order valence-electron chi connectivity index (χ4n) is 2.44. The van der Waals surface area contributed by atoms with Crippen LogP contribution in [0.4, 0.5) is 8.78 Å². The average Bonchev–Trinajstić information content (AvgIpc) is 2.49. The van der Waals surface area contributed by atoms with Crippen molar-refractivity contribution in [3.8, 4) is 5.75 Å². The summed E-state index contributed by atoms with van der Waals surface area (Å²) in [6, 6.07) is 13.3. The summed E-state index contributed by atoms with van der Waals surface area (Å²) in [5, 5.41) is 3.28. The van der Waals surface area contributed by atoms with Gasteiger partial charge in [-0.05, 0) is 43.4 Å². The van der Waals surface area contributed by atoms with Crippen molar-refractivity contribution in [1.82, 2.24) is 10.2 Å². The van der Waals surface area contributed by atoms with Crippen LogP contribution in [0.2, 0.25) is 0 Å². The smallest absolute Gasteiger partial charge is 0.387 e. The second kappa shape index (κ2) is 9.11. The van der Waals surface area contributed by atoms with E-state index in [0.29, 0.717) is 18.7 Å². The summed E-state index contributed by atoms with van der Waals surface area (Å²) in [5.41, 5.74) is 3.08. The highest BCUT2D eigenvalue weighted by molar-refractivity contribution is 9.10. The summed E-state index contributed by atoms with van der Waals surface area (Å²) in [6.45, 7) is -0.847. The summed E-state index contributed by atoms with van der Waals surface area (Å²) in [7, 11) is 4.06. The first kappa shape index (κ1) is 18.8. The molecule has 0 saturated heterocycles. The molecule has 0 amide bonds. The predicted octanol–water partition coefficient (Wildman–Crippen LogP) is 4.40. The highest BCUT2D eigenvalue weighted by atomic mass is 79.9. The predicted molar refractivity (Wildman–Crippen MR) is 95.2 cm³/mol. The Hall–Kier alpha value is -1.50. The Bertz CT molecular complexity index is 665. The number of hydrogen-bond donors (Lipinski definition) is 1. The number of benzene rings is 2. The van der Waals surface area contributed by atoms with Crippen LogP contribution >= 0.6 is 15.9 Å². The van der Waals surface area contributed by atoms with Gasteiger partial charge < -0.3 is 15.0 Å². The molecule has 0 bridgehead atoms. The molecule has 0 aliphatic rings. The lowest BCUT2D eigenvalue weighted by atomic mass is 10.1. The van der Waals surface area contributed by atoms with Crippen LogP contribution in [0.1, 0.15) is 16.7 Å². The fraction of sp³-hybridized carbons (Fsp3) is 0.333. The molecule has 24 heavy (non-hydrogen) atoms. The lowest BCUT2D eigenvalue weighted by molar-refractivity contribution is -0.0505. The van der Waals surface area contributed by atoms with E-state index in [1.165, 1.54) is 5.56 Å². The first-order valence-electron chi connectivity index (χ1n) is 7.60. The van der Waals surface area contributed by atoms with Gasteiger partial charge in [-0.15, -0.1) is 0 Å². The van der Waals surface area contributed by atoms with Crippen LogP contribution in [-0.2, 0) is 19.6 Å². The lowest BCUT2D eigenvalue weighted by Crippen LogP contribution is -2.15. The molecule has 0 fully saturated rings. The van der Waals surface area contributed by atoms with Gasteiger partial charge in [0, 0.05) is 29.7 Å². The highest BCUT2D eigenvalue weighted by Crippen LogP contribution is 2.24. The first-order valence-corrected chi connectivity index (χ1v) is 8.40. The average molecular weight is 399 g/mol. The zero-order chi connectivity index (χ0) is 17.5. The molecule has 6 heteroatoms. The Morgan fingerprint density at radius 1 is 1.08 bits per heavy atom. The zero-order valence-electron chi connectivity index (χ0n) is 13.7. The minimum atomic E-state index is -2.83. The van der Waals surface area contributed by atoms with Gasteiger partial charge in [-0.2, -0.15) is 8.78 Å². The zero-order valence-corrected chi connectivity index (χ0v) is 15.3. The largest absolute Gasteiger partial charge is 0.434 e. The van der Waals surface area contributed by atoms with Crippen molar-refractivity contribution in [3.63, 3.8) is 0 Å². The molecule has 0 aliphatic heterocycles. The molecule has 0 heterocycles. The van der Waals surface area contributed by atoms with Crippen molar-refractivity contribution in [2.75, 3.05) is 14.1 Å². The van der Waals surface area contributed by atoms with Gasteiger partial charge in [-0.3, -0.25) is 0 Å². The molecule has 0 spiro atoms. The maximum atomic E-state index is 12.5. The molecule has 0 saturated carbocycles. The van der Waals surface area contributed by atoms with Crippen molar-refractivity contribution in [1.29, 1.82) is 0 Å². The molecule has 2 aromatic carbocycles. The molecule has 1 N–H and O–H groups in total. The maximum absolute atomic E-state index is 12.5. The van der Waals surface area contributed by atoms with E-state index in [0.717, 1.165) is 16.6 Å². The maximum Gasteiger partial charge on any atom is 0.387 e. The van der Waals surface area contributed by atoms with Gasteiger partial charge >= 0.3 is 6.61 Å². The summed E-state index contributed by atoms with van der Waals surface area (Å²) in [5.74, 6) is 0.196. The van der Waals surface area contributed by atoms with Gasteiger partial charge in [-0.1, -0.05) is 40.2 Å². The fourth-order valence-corrected chi connectivity index (χ4v) is 2.85. The number of halogens is 3. The number of alkyl halides is 2. The molecule has 0 radical (unpaired) electrons. The second-order valence-electron chi connectivity index (χ2n) is 5.79. The van der Waals surface area contributed by atoms with Crippen LogP contribution in [0.3, 0.4) is 0 Å². The monoisotopic (exact) mass is 398 g/mol. The summed E-state index contributed by atoms with van der Waals surface area (Å²) in [6.07, 6.45) is 0. The molecule has 0 aromatic heterocycles. The van der Waals surface area contributed by atoms with Gasteiger partial charge in [0.15, 0.2) is 0 Å². The lowest BCUT2D eigenvalue weighted by Gasteiger charge is -2.13. The number of hydrogen-bond acceptors (Lipinski definition) is 3. The van der Waals surface area contributed by atoms with Crippen molar-refractivity contribution in [2.24, 2.45) is 0 Å². The highest BCUT2D eigenvalue weighted by Gasteiger charge is 2.10. The Kier molecular flexibility index (Phi) is 7.15. The molecule has 130 valence electrons. The van der Waals surface area contributed by atoms with Crippen LogP contribution in [0, 0.1) is 0 Å². The van der Waals surface area contributed by atoms with Crippen LogP contribution < -0.4 is 10.1 Å². The first-order chi connectivity index (χ1) is 11.4. The quantitative estimate of drug-likeness (QED) is 0.712. The Labute approximate surface area is 149 Å². The van der Waals surface area contributed by atoms with E-state index in [-0.39, 0.29) is 5.75 Å². The third-order valence-electron chi connectivity index (χ3n) is 3.37. The van der Waals surface area contributed by atoms with Gasteiger partial charge in [-0.25, -0.2) is 0 Å². The minimum Gasteiger partial charge on any atom is -0.434 e. The normalized spacial score (nSPS) is 11.3. The number of ether oxygens (including phenoxy) is 1. The van der Waals surface area contributed by atoms with E-state index >= 15 is 0 Å². The van der Waals surface area contributed by atoms with E-state index in [4.69, 9.17) is 0 Å². The molecule has 0 atom stereocenters. The topological polar surface area (TPSA) is 24.5 Å². The summed E-state index contributed by atoms with van der Waals surface area (Å²) >= 11 is 3.36. The van der Waals surface area contributed by atoms with Crippen LogP contribution in [0.5, 0.6) is 5.75 Å². The van der Waals surface area contributed by atoms with Gasteiger partial charge in [0.25, 0.3) is 0 Å². The van der Waals surface area contributed by atoms with E-state index in [9.17, 15) is 8.78 Å². The molecular formula is C18H21BrF2N2O. The number of rotatable bonds is 8. The standard InChI is InChI=1S/C18H21BrF2N2O/c1-23(2)12-14-5-3-4-13(8-14)10-22-11-15-9-16(19)6-7-17(15)24-18(20)21/h3-9,18,22H,10-12H2,1-2H3. The van der Waals surface area contributed by atoms with E-state index in [2.05, 4.69) is 43.0 Å². The summed E-state index contributed by atoms with van der Waals surface area (Å²) < 4.78 is 30.4. The van der Waals surface area contributed by atoms with Gasteiger partial charge in [0.05, 0.1) is 0 Å². The Balaban J connectivity index is 1.98. The van der Waals surface area contributed by atoms with Gasteiger partial charge in [0.2, 0.25) is 0 Å². The Morgan fingerprint density at radius 3 is 2.54 bits per heavy atom. The minimum absolute atomic E-state index is 0.196. The van der Waals surface area contributed by atoms with Crippen molar-refractivity contribution in [3.05, 3.63) is 63.6 Å². The second-order valence-corrected chi connectivity index (χ2v) is 6.71. The van der Waals surface area contributed by atoms with E-state index in [1.54, 1.807) is 18.2 Å². The van der Waals surface area contributed by atoms with Crippen LogP contribution in [0.15, 0.2) is 46.9 Å². The molecule has 0 aliphatic carbocycles. The molecular weight excluding hydrogens is 378 g/mol. The SMILES string of the molecule is CN(C)Cc1cccc(CNCc2cc(Br)ccc2OC(F)F)c1. The van der Waals surface area contributed by atoms with Crippen LogP contribution in [-0.4, -0.2) is 25.6 Å². The number of nitrogens with one attached hydrogen (secondary N) is 1. The molecule has 2 rings (SSSR count). The van der Waals surface area contributed by atoms with Crippen LogP contribution in [0.25, 0.3) is 0 Å². The Morgan fingerprint density at radius 2 is 1.83 bits per heavy atom. The van der Waals surface area contributed by atoms with E-state index < -0.39 is 6.61 Å². The van der Waals surface area contributed by atoms with Gasteiger partial charge in [0.1, 0.15) is 5.75 Å². The molecule has 3 nitrogen and oxygen atoms in total. The number of nitrogens with zero attached hydrogens (tertiary/aromatic N) is 1. The molecule has 2 aromatic rings. The third-order valence-corrected chi connectivity index (χ3v) is 3.87. The summed E-state index contributed by atoms with van der Waals surface area (Å²) in [4.78, 5) is 2.11.